The van der Waals surface area contributed by atoms with E-state index < -0.39 is 10.0 Å². The number of thiazole rings is 1. The van der Waals surface area contributed by atoms with Gasteiger partial charge in [-0.25, -0.2) is 13.4 Å². The molecule has 4 aromatic rings. The number of piperidine rings is 1. The molecule has 1 amide bonds. The van der Waals surface area contributed by atoms with Crippen LogP contribution in [0.2, 0.25) is 5.02 Å². The molecule has 1 aliphatic rings. The second-order valence-corrected chi connectivity index (χ2v) is 12.8. The van der Waals surface area contributed by atoms with Crippen molar-refractivity contribution in [2.75, 3.05) is 18.0 Å². The van der Waals surface area contributed by atoms with Gasteiger partial charge in [-0.05, 0) is 85.3 Å². The highest BCUT2D eigenvalue weighted by atomic mass is 35.5. The smallest absolute Gasteiger partial charge is 0.260 e. The molecule has 10 heteroatoms. The molecule has 0 bridgehead atoms. The van der Waals surface area contributed by atoms with E-state index in [0.717, 1.165) is 34.2 Å². The van der Waals surface area contributed by atoms with Crippen LogP contribution in [0.25, 0.3) is 10.2 Å². The van der Waals surface area contributed by atoms with E-state index in [2.05, 4.69) is 11.9 Å². The Labute approximate surface area is 225 Å². The fraction of sp³-hybridized carbons (Fsp3) is 0.296. The third-order valence-electron chi connectivity index (χ3n) is 6.69. The van der Waals surface area contributed by atoms with Gasteiger partial charge in [-0.1, -0.05) is 29.9 Å². The summed E-state index contributed by atoms with van der Waals surface area (Å²) in [4.78, 5) is 24.4. The van der Waals surface area contributed by atoms with Crippen molar-refractivity contribution < 1.29 is 13.2 Å². The molecule has 2 aromatic heterocycles. The third kappa shape index (κ3) is 5.40. The van der Waals surface area contributed by atoms with Gasteiger partial charge in [0.1, 0.15) is 0 Å². The molecule has 0 unspecified atom stereocenters. The van der Waals surface area contributed by atoms with Crippen LogP contribution in [0.1, 0.15) is 41.3 Å². The quantitative estimate of drug-likeness (QED) is 0.295. The Morgan fingerprint density at radius 1 is 1.11 bits per heavy atom. The minimum atomic E-state index is -3.60. The highest BCUT2D eigenvalue weighted by Crippen LogP contribution is 2.34. The number of fused-ring (bicyclic) bond motifs is 1. The summed E-state index contributed by atoms with van der Waals surface area (Å²) in [6.45, 7) is 5.41. The van der Waals surface area contributed by atoms with E-state index in [1.807, 2.05) is 31.2 Å². The summed E-state index contributed by atoms with van der Waals surface area (Å²) in [6.07, 6.45) is 5.07. The van der Waals surface area contributed by atoms with Crippen LogP contribution >= 0.6 is 22.9 Å². The van der Waals surface area contributed by atoms with Gasteiger partial charge in [0.05, 0.1) is 21.7 Å². The van der Waals surface area contributed by atoms with Gasteiger partial charge >= 0.3 is 0 Å². The maximum Gasteiger partial charge on any atom is 0.260 e. The highest BCUT2D eigenvalue weighted by molar-refractivity contribution is 7.89. The zero-order valence-electron chi connectivity index (χ0n) is 20.6. The monoisotopic (exact) mass is 554 g/mol. The minimum Gasteiger partial charge on any atom is -0.279 e. The molecule has 2 aromatic carbocycles. The molecule has 0 radical (unpaired) electrons. The fourth-order valence-corrected chi connectivity index (χ4v) is 7.34. The van der Waals surface area contributed by atoms with Crippen molar-refractivity contribution in [2.24, 2.45) is 5.92 Å². The van der Waals surface area contributed by atoms with Gasteiger partial charge in [-0.3, -0.25) is 14.7 Å². The largest absolute Gasteiger partial charge is 0.279 e. The Morgan fingerprint density at radius 2 is 1.78 bits per heavy atom. The summed E-state index contributed by atoms with van der Waals surface area (Å²) in [5, 5.41) is 1.16. The number of nitrogens with zero attached hydrogens (tertiary/aromatic N) is 4. The number of sulfonamides is 1. The molecule has 37 heavy (non-hydrogen) atoms. The van der Waals surface area contributed by atoms with Crippen molar-refractivity contribution in [3.63, 3.8) is 0 Å². The lowest BCUT2D eigenvalue weighted by Crippen LogP contribution is -2.37. The first-order chi connectivity index (χ1) is 17.7. The molecule has 1 aliphatic heterocycles. The van der Waals surface area contributed by atoms with E-state index in [-0.39, 0.29) is 10.8 Å². The Morgan fingerprint density at radius 3 is 2.46 bits per heavy atom. The second kappa shape index (κ2) is 10.5. The molecule has 1 saturated heterocycles. The number of hydrogen-bond donors (Lipinski definition) is 0. The van der Waals surface area contributed by atoms with Crippen molar-refractivity contribution >= 4 is 54.2 Å². The first-order valence-corrected chi connectivity index (χ1v) is 14.7. The Balaban J connectivity index is 1.47. The van der Waals surface area contributed by atoms with Crippen LogP contribution in [0.3, 0.4) is 0 Å². The average molecular weight is 555 g/mol. The van der Waals surface area contributed by atoms with Crippen LogP contribution in [-0.4, -0.2) is 41.7 Å². The lowest BCUT2D eigenvalue weighted by Gasteiger charge is -2.29. The number of benzene rings is 2. The molecule has 3 heterocycles. The average Bonchev–Trinajstić information content (AvgIpc) is 3.32. The second-order valence-electron chi connectivity index (χ2n) is 9.42. The number of halogens is 1. The number of carbonyl (C=O) groups excluding carboxylic acids is 1. The highest BCUT2D eigenvalue weighted by Gasteiger charge is 2.29. The lowest BCUT2D eigenvalue weighted by molar-refractivity contribution is 0.0985. The number of aromatic nitrogens is 2. The maximum absolute atomic E-state index is 13.8. The van der Waals surface area contributed by atoms with E-state index in [0.29, 0.717) is 41.3 Å². The molecular formula is C27H27ClN4O3S2. The predicted molar refractivity (Wildman–Crippen MR) is 148 cm³/mol. The van der Waals surface area contributed by atoms with Crippen LogP contribution in [0.5, 0.6) is 0 Å². The zero-order chi connectivity index (χ0) is 26.2. The molecule has 0 atom stereocenters. The van der Waals surface area contributed by atoms with Crippen molar-refractivity contribution in [1.82, 2.24) is 14.3 Å². The van der Waals surface area contributed by atoms with Gasteiger partial charge in [0.2, 0.25) is 10.0 Å². The van der Waals surface area contributed by atoms with E-state index in [1.54, 1.807) is 29.4 Å². The SMILES string of the molecule is Cc1cc(Cl)cc2sc(N(Cc3ccncc3)C(=O)c3ccc(S(=O)(=O)N4CCC(C)CC4)cc3)nc12. The van der Waals surface area contributed by atoms with Gasteiger partial charge in [-0.2, -0.15) is 4.31 Å². The van der Waals surface area contributed by atoms with E-state index in [9.17, 15) is 13.2 Å². The fourth-order valence-electron chi connectivity index (χ4n) is 4.45. The maximum atomic E-state index is 13.8. The van der Waals surface area contributed by atoms with Crippen molar-refractivity contribution in [2.45, 2.75) is 38.1 Å². The van der Waals surface area contributed by atoms with Crippen LogP contribution < -0.4 is 4.90 Å². The minimum absolute atomic E-state index is 0.199. The molecule has 0 saturated carbocycles. The molecule has 5 rings (SSSR count). The van der Waals surface area contributed by atoms with Gasteiger partial charge in [0.15, 0.2) is 5.13 Å². The summed E-state index contributed by atoms with van der Waals surface area (Å²) >= 11 is 7.65. The van der Waals surface area contributed by atoms with Crippen LogP contribution in [0.4, 0.5) is 5.13 Å². The van der Waals surface area contributed by atoms with Crippen molar-refractivity contribution in [3.05, 3.63) is 82.6 Å². The molecule has 0 aliphatic carbocycles. The predicted octanol–water partition coefficient (Wildman–Crippen LogP) is 5.92. The summed E-state index contributed by atoms with van der Waals surface area (Å²) in [5.74, 6) is 0.260. The Kier molecular flexibility index (Phi) is 7.31. The Bertz CT molecular complexity index is 1530. The molecule has 0 N–H and O–H groups in total. The third-order valence-corrected chi connectivity index (χ3v) is 9.84. The van der Waals surface area contributed by atoms with Crippen molar-refractivity contribution in [3.8, 4) is 0 Å². The first kappa shape index (κ1) is 25.8. The lowest BCUT2D eigenvalue weighted by atomic mass is 10.0. The topological polar surface area (TPSA) is 83.5 Å². The number of aryl methyl sites for hydroxylation is 1. The van der Waals surface area contributed by atoms with Gasteiger partial charge in [-0.15, -0.1) is 0 Å². The van der Waals surface area contributed by atoms with Gasteiger partial charge < -0.3 is 0 Å². The zero-order valence-corrected chi connectivity index (χ0v) is 23.0. The van der Waals surface area contributed by atoms with Crippen LogP contribution in [-0.2, 0) is 16.6 Å². The number of carbonyl (C=O) groups is 1. The standard InChI is InChI=1S/C27H27ClN4O3S2/c1-18-9-13-31(14-10-18)37(34,35)23-5-3-21(4-6-23)26(33)32(17-20-7-11-29-12-8-20)27-30-25-19(2)15-22(28)16-24(25)36-27/h3-8,11-12,15-16,18H,9-10,13-14,17H2,1-2H3. The molecular weight excluding hydrogens is 528 g/mol. The number of hydrogen-bond acceptors (Lipinski definition) is 6. The van der Waals surface area contributed by atoms with Crippen LogP contribution in [0, 0.1) is 12.8 Å². The summed E-state index contributed by atoms with van der Waals surface area (Å²) < 4.78 is 28.7. The van der Waals surface area contributed by atoms with Gasteiger partial charge in [0.25, 0.3) is 5.91 Å². The summed E-state index contributed by atoms with van der Waals surface area (Å²) in [6, 6.07) is 13.6. The number of anilines is 1. The summed E-state index contributed by atoms with van der Waals surface area (Å²) in [7, 11) is -3.60. The first-order valence-electron chi connectivity index (χ1n) is 12.1. The van der Waals surface area contributed by atoms with Gasteiger partial charge in [0, 0.05) is 36.1 Å². The number of pyridine rings is 1. The molecule has 192 valence electrons. The van der Waals surface area contributed by atoms with Crippen molar-refractivity contribution in [1.29, 1.82) is 0 Å². The Hall–Kier alpha value is -2.85. The van der Waals surface area contributed by atoms with Crippen LogP contribution in [0.15, 0.2) is 65.8 Å². The van der Waals surface area contributed by atoms with E-state index in [1.165, 1.54) is 27.8 Å². The molecule has 7 nitrogen and oxygen atoms in total. The normalized spacial score (nSPS) is 15.2. The van der Waals surface area contributed by atoms with E-state index >= 15 is 0 Å². The number of amides is 1. The molecule has 1 fully saturated rings. The molecule has 0 spiro atoms. The summed E-state index contributed by atoms with van der Waals surface area (Å²) in [5.41, 5.74) is 3.02. The number of rotatable bonds is 6. The van der Waals surface area contributed by atoms with E-state index in [4.69, 9.17) is 16.6 Å².